The van der Waals surface area contributed by atoms with E-state index in [0.717, 1.165) is 12.1 Å². The summed E-state index contributed by atoms with van der Waals surface area (Å²) in [6, 6.07) is 3.10. The van der Waals surface area contributed by atoms with Gasteiger partial charge < -0.3 is 26.8 Å². The molecule has 1 aliphatic carbocycles. The van der Waals surface area contributed by atoms with E-state index in [4.69, 9.17) is 5.73 Å². The van der Waals surface area contributed by atoms with Crippen molar-refractivity contribution in [2.45, 2.75) is 57.3 Å². The summed E-state index contributed by atoms with van der Waals surface area (Å²) in [6.45, 7) is 1.82. The van der Waals surface area contributed by atoms with E-state index in [1.807, 2.05) is 6.92 Å². The molecule has 2 aromatic rings. The van der Waals surface area contributed by atoms with Gasteiger partial charge in [0.2, 0.25) is 0 Å². The number of hydrogen-bond acceptors (Lipinski definition) is 7. The fourth-order valence-electron chi connectivity index (χ4n) is 3.83. The smallest absolute Gasteiger partial charge is 0.393 e. The Morgan fingerprint density at radius 1 is 1.15 bits per heavy atom. The van der Waals surface area contributed by atoms with Gasteiger partial charge in [-0.05, 0) is 50.3 Å². The molecule has 34 heavy (non-hydrogen) atoms. The zero-order valence-electron chi connectivity index (χ0n) is 18.8. The average Bonchev–Trinajstić information content (AvgIpc) is 2.79. The molecule has 3 rings (SSSR count). The first-order chi connectivity index (χ1) is 16.0. The van der Waals surface area contributed by atoms with E-state index in [1.54, 1.807) is 0 Å². The van der Waals surface area contributed by atoms with Crippen LogP contribution in [0.25, 0.3) is 0 Å². The first kappa shape index (κ1) is 25.2. The van der Waals surface area contributed by atoms with Gasteiger partial charge in [-0.15, -0.1) is 0 Å². The summed E-state index contributed by atoms with van der Waals surface area (Å²) in [5.41, 5.74) is 4.00. The van der Waals surface area contributed by atoms with Crippen LogP contribution in [0.1, 0.15) is 64.7 Å². The van der Waals surface area contributed by atoms with Crippen LogP contribution in [0, 0.1) is 0 Å². The summed E-state index contributed by atoms with van der Waals surface area (Å²) in [7, 11) is 1.24. The molecule has 0 unspecified atom stereocenters. The van der Waals surface area contributed by atoms with E-state index in [9.17, 15) is 27.9 Å². The van der Waals surface area contributed by atoms with Gasteiger partial charge >= 0.3 is 6.18 Å². The van der Waals surface area contributed by atoms with Crippen LogP contribution in [0.5, 0.6) is 0 Å². The van der Waals surface area contributed by atoms with Crippen LogP contribution in [-0.4, -0.2) is 46.1 Å². The molecule has 1 aliphatic rings. The van der Waals surface area contributed by atoms with Gasteiger partial charge in [0.05, 0.1) is 22.9 Å². The van der Waals surface area contributed by atoms with Crippen LogP contribution in [0.4, 0.5) is 30.5 Å². The lowest BCUT2D eigenvalue weighted by Crippen LogP contribution is -2.29. The highest BCUT2D eigenvalue weighted by atomic mass is 19.4. The Morgan fingerprint density at radius 2 is 1.82 bits per heavy atom. The Hall–Kier alpha value is -3.41. The van der Waals surface area contributed by atoms with Crippen molar-refractivity contribution < 1.29 is 27.9 Å². The highest BCUT2D eigenvalue weighted by Crippen LogP contribution is 2.35. The lowest BCUT2D eigenvalue weighted by atomic mass is 9.93. The number of primary amides is 1. The fourth-order valence-corrected chi connectivity index (χ4v) is 3.83. The number of aromatic nitrogens is 2. The topological polar surface area (TPSA) is 142 Å². The van der Waals surface area contributed by atoms with Crippen LogP contribution in [0.2, 0.25) is 0 Å². The zero-order chi connectivity index (χ0) is 25.0. The Labute approximate surface area is 194 Å². The van der Waals surface area contributed by atoms with Gasteiger partial charge in [0, 0.05) is 18.8 Å². The second kappa shape index (κ2) is 10.2. The predicted octanol–water partition coefficient (Wildman–Crippen LogP) is 2.98. The monoisotopic (exact) mass is 480 g/mol. The number of amides is 2. The van der Waals surface area contributed by atoms with Crippen molar-refractivity contribution in [3.63, 3.8) is 0 Å². The van der Waals surface area contributed by atoms with E-state index >= 15 is 0 Å². The quantitative estimate of drug-likeness (QED) is 0.410. The van der Waals surface area contributed by atoms with Gasteiger partial charge in [0.1, 0.15) is 5.82 Å². The second-order valence-corrected chi connectivity index (χ2v) is 8.05. The van der Waals surface area contributed by atoms with Crippen LogP contribution >= 0.6 is 0 Å². The third-order valence-electron chi connectivity index (χ3n) is 5.63. The molecule has 0 aliphatic heterocycles. The van der Waals surface area contributed by atoms with Crippen molar-refractivity contribution in [1.82, 2.24) is 15.3 Å². The maximum Gasteiger partial charge on any atom is 0.417 e. The van der Waals surface area contributed by atoms with E-state index < -0.39 is 29.1 Å². The first-order valence-corrected chi connectivity index (χ1v) is 10.9. The van der Waals surface area contributed by atoms with Gasteiger partial charge in [-0.1, -0.05) is 6.92 Å². The average molecular weight is 480 g/mol. The molecule has 6 N–H and O–H groups in total. The van der Waals surface area contributed by atoms with Crippen LogP contribution < -0.4 is 21.7 Å². The predicted molar refractivity (Wildman–Crippen MR) is 120 cm³/mol. The SMILES string of the molecule is CCc1nc(C(N)=O)c(Nc2ccc(C(=O)NC)c(C(F)(F)F)c2)nc1NC1CCC(O)CC1. The van der Waals surface area contributed by atoms with Crippen LogP contribution in [0.3, 0.4) is 0 Å². The molecular weight excluding hydrogens is 453 g/mol. The number of alkyl halides is 3. The van der Waals surface area contributed by atoms with E-state index in [-0.39, 0.29) is 29.3 Å². The lowest BCUT2D eigenvalue weighted by Gasteiger charge is -2.27. The van der Waals surface area contributed by atoms with Crippen molar-refractivity contribution in [2.75, 3.05) is 17.7 Å². The number of aliphatic hydroxyl groups is 1. The third-order valence-corrected chi connectivity index (χ3v) is 5.63. The molecule has 1 aromatic carbocycles. The lowest BCUT2D eigenvalue weighted by molar-refractivity contribution is -0.137. The molecule has 2 amide bonds. The standard InChI is InChI=1S/C22H27F3N6O3/c1-3-16-19(28-11-4-7-13(32)8-5-11)31-20(17(30-16)18(26)33)29-12-6-9-14(21(34)27-2)15(10-12)22(23,24)25/h6,9-11,13,32H,3-5,7-8H2,1-2H3,(H2,26,33)(H,27,34)(H2,28,29,31). The minimum absolute atomic E-state index is 0.0268. The number of halogens is 3. The van der Waals surface area contributed by atoms with Gasteiger partial charge in [0.25, 0.3) is 11.8 Å². The molecule has 1 aromatic heterocycles. The maximum absolute atomic E-state index is 13.6. The van der Waals surface area contributed by atoms with E-state index in [0.29, 0.717) is 43.6 Å². The zero-order valence-corrected chi connectivity index (χ0v) is 18.8. The molecule has 0 spiro atoms. The molecule has 0 bridgehead atoms. The molecule has 1 heterocycles. The Morgan fingerprint density at radius 3 is 2.38 bits per heavy atom. The number of rotatable bonds is 7. The summed E-state index contributed by atoms with van der Waals surface area (Å²) in [5, 5.41) is 17.9. The molecule has 0 saturated heterocycles. The number of nitrogens with one attached hydrogen (secondary N) is 3. The minimum Gasteiger partial charge on any atom is -0.393 e. The van der Waals surface area contributed by atoms with Crippen molar-refractivity contribution in [3.05, 3.63) is 40.7 Å². The van der Waals surface area contributed by atoms with Crippen molar-refractivity contribution >= 4 is 29.1 Å². The van der Waals surface area contributed by atoms with Crippen molar-refractivity contribution in [2.24, 2.45) is 5.73 Å². The number of hydrogen-bond donors (Lipinski definition) is 5. The largest absolute Gasteiger partial charge is 0.417 e. The molecular formula is C22H27F3N6O3. The molecule has 12 heteroatoms. The van der Waals surface area contributed by atoms with Gasteiger partial charge in [-0.2, -0.15) is 13.2 Å². The molecule has 1 saturated carbocycles. The Balaban J connectivity index is 1.99. The second-order valence-electron chi connectivity index (χ2n) is 8.05. The third kappa shape index (κ3) is 5.74. The van der Waals surface area contributed by atoms with Crippen LogP contribution in [-0.2, 0) is 12.6 Å². The summed E-state index contributed by atoms with van der Waals surface area (Å²) >= 11 is 0. The molecule has 184 valence electrons. The van der Waals surface area contributed by atoms with Crippen molar-refractivity contribution in [1.29, 1.82) is 0 Å². The van der Waals surface area contributed by atoms with Gasteiger partial charge in [-0.25, -0.2) is 9.97 Å². The van der Waals surface area contributed by atoms with E-state index in [1.165, 1.54) is 13.1 Å². The highest BCUT2D eigenvalue weighted by molar-refractivity contribution is 5.98. The molecule has 1 fully saturated rings. The fraction of sp³-hybridized carbons (Fsp3) is 0.455. The Kier molecular flexibility index (Phi) is 7.60. The number of aliphatic hydroxyl groups excluding tert-OH is 1. The highest BCUT2D eigenvalue weighted by Gasteiger charge is 2.35. The number of nitrogens with zero attached hydrogens (tertiary/aromatic N) is 2. The molecule has 0 radical (unpaired) electrons. The maximum atomic E-state index is 13.6. The summed E-state index contributed by atoms with van der Waals surface area (Å²) < 4.78 is 40.8. The van der Waals surface area contributed by atoms with Crippen LogP contribution in [0.15, 0.2) is 18.2 Å². The van der Waals surface area contributed by atoms with Gasteiger partial charge in [0.15, 0.2) is 11.5 Å². The number of anilines is 3. The number of carbonyl (C=O) groups excluding carboxylic acids is 2. The molecule has 9 nitrogen and oxygen atoms in total. The number of aryl methyl sites for hydroxylation is 1. The number of carbonyl (C=O) groups is 2. The molecule has 0 atom stereocenters. The first-order valence-electron chi connectivity index (χ1n) is 10.9. The van der Waals surface area contributed by atoms with Gasteiger partial charge in [-0.3, -0.25) is 9.59 Å². The minimum atomic E-state index is -4.79. The Bertz CT molecular complexity index is 1070. The summed E-state index contributed by atoms with van der Waals surface area (Å²) in [4.78, 5) is 32.6. The number of benzene rings is 1. The number of nitrogens with two attached hydrogens (primary N) is 1. The normalized spacial score (nSPS) is 18.3. The van der Waals surface area contributed by atoms with Crippen molar-refractivity contribution in [3.8, 4) is 0 Å². The summed E-state index contributed by atoms with van der Waals surface area (Å²) in [6.07, 6.45) is -2.01. The summed E-state index contributed by atoms with van der Waals surface area (Å²) in [5.74, 6) is -1.50. The van der Waals surface area contributed by atoms with E-state index in [2.05, 4.69) is 25.9 Å².